The number of urea groups is 1. The van der Waals surface area contributed by atoms with Crippen molar-refractivity contribution in [2.75, 3.05) is 19.6 Å². The summed E-state index contributed by atoms with van der Waals surface area (Å²) < 4.78 is 0. The highest BCUT2D eigenvalue weighted by Gasteiger charge is 2.31. The van der Waals surface area contributed by atoms with E-state index in [9.17, 15) is 9.59 Å². The molecule has 2 aliphatic rings. The maximum absolute atomic E-state index is 12.0. The van der Waals surface area contributed by atoms with Crippen LogP contribution in [0, 0.1) is 11.8 Å². The molecular weight excluding hydrogens is 248 g/mol. The summed E-state index contributed by atoms with van der Waals surface area (Å²) in [5.41, 5.74) is 0. The van der Waals surface area contributed by atoms with Crippen LogP contribution in [-0.4, -0.2) is 52.9 Å². The molecule has 2 rings (SSSR count). The van der Waals surface area contributed by atoms with E-state index in [4.69, 9.17) is 10.2 Å². The van der Waals surface area contributed by atoms with Gasteiger partial charge in [-0.1, -0.05) is 0 Å². The predicted molar refractivity (Wildman–Crippen MR) is 68.7 cm³/mol. The highest BCUT2D eigenvalue weighted by Crippen LogP contribution is 2.33. The number of hydrogen-bond acceptors (Lipinski definition) is 3. The molecular formula is C13H22N2O4. The number of carboxylic acids is 1. The van der Waals surface area contributed by atoms with Crippen molar-refractivity contribution < 1.29 is 19.8 Å². The van der Waals surface area contributed by atoms with Gasteiger partial charge in [0.15, 0.2) is 6.10 Å². The van der Waals surface area contributed by atoms with Crippen molar-refractivity contribution in [3.63, 3.8) is 0 Å². The summed E-state index contributed by atoms with van der Waals surface area (Å²) in [6.07, 6.45) is 3.44. The number of aliphatic hydroxyl groups excluding tert-OH is 1. The van der Waals surface area contributed by atoms with Crippen LogP contribution in [-0.2, 0) is 4.79 Å². The zero-order valence-corrected chi connectivity index (χ0v) is 11.0. The van der Waals surface area contributed by atoms with Crippen LogP contribution in [0.2, 0.25) is 0 Å². The van der Waals surface area contributed by atoms with Gasteiger partial charge < -0.3 is 20.4 Å². The number of carbonyl (C=O) groups is 2. The lowest BCUT2D eigenvalue weighted by molar-refractivity contribution is -0.146. The van der Waals surface area contributed by atoms with Crippen LogP contribution in [0.25, 0.3) is 0 Å². The molecule has 6 heteroatoms. The first-order chi connectivity index (χ1) is 9.06. The largest absolute Gasteiger partial charge is 0.479 e. The fourth-order valence-electron chi connectivity index (χ4n) is 2.02. The van der Waals surface area contributed by atoms with E-state index in [1.807, 2.05) is 4.90 Å². The second-order valence-corrected chi connectivity index (χ2v) is 5.67. The molecule has 0 saturated heterocycles. The van der Waals surface area contributed by atoms with E-state index in [0.29, 0.717) is 11.8 Å². The molecule has 0 aromatic heterocycles. The van der Waals surface area contributed by atoms with Crippen LogP contribution < -0.4 is 5.32 Å². The third-order valence-electron chi connectivity index (χ3n) is 3.62. The number of nitrogens with one attached hydrogen (secondary N) is 1. The van der Waals surface area contributed by atoms with Crippen LogP contribution in [0.15, 0.2) is 0 Å². The molecule has 6 nitrogen and oxygen atoms in total. The number of carbonyl (C=O) groups excluding carboxylic acids is 1. The van der Waals surface area contributed by atoms with Crippen molar-refractivity contribution >= 4 is 12.0 Å². The summed E-state index contributed by atoms with van der Waals surface area (Å²) in [5, 5.41) is 20.4. The Kier molecular flexibility index (Phi) is 4.63. The monoisotopic (exact) mass is 270 g/mol. The zero-order chi connectivity index (χ0) is 13.8. The summed E-state index contributed by atoms with van der Waals surface area (Å²) in [6, 6.07) is -0.128. The van der Waals surface area contributed by atoms with Crippen LogP contribution in [0.1, 0.15) is 32.1 Å². The van der Waals surface area contributed by atoms with Gasteiger partial charge in [-0.25, -0.2) is 9.59 Å². The van der Waals surface area contributed by atoms with Crippen molar-refractivity contribution in [1.82, 2.24) is 10.2 Å². The molecule has 2 aliphatic carbocycles. The minimum atomic E-state index is -1.40. The van der Waals surface area contributed by atoms with Gasteiger partial charge in [0.05, 0.1) is 0 Å². The first kappa shape index (κ1) is 14.1. The summed E-state index contributed by atoms with van der Waals surface area (Å²) in [6.45, 7) is 1.81. The number of carboxylic acid groups (broad SMARTS) is 1. The van der Waals surface area contributed by atoms with Crippen LogP contribution >= 0.6 is 0 Å². The highest BCUT2D eigenvalue weighted by molar-refractivity contribution is 5.74. The van der Waals surface area contributed by atoms with Crippen molar-refractivity contribution in [2.24, 2.45) is 11.8 Å². The molecule has 108 valence electrons. The molecule has 0 heterocycles. The number of amides is 2. The maximum atomic E-state index is 12.0. The molecule has 0 unspecified atom stereocenters. The maximum Gasteiger partial charge on any atom is 0.332 e. The van der Waals surface area contributed by atoms with E-state index in [2.05, 4.69) is 5.32 Å². The minimum Gasteiger partial charge on any atom is -0.479 e. The van der Waals surface area contributed by atoms with Crippen molar-refractivity contribution in [1.29, 1.82) is 0 Å². The van der Waals surface area contributed by atoms with Crippen molar-refractivity contribution in [3.8, 4) is 0 Å². The minimum absolute atomic E-state index is 0.0434. The fourth-order valence-corrected chi connectivity index (χ4v) is 2.02. The van der Waals surface area contributed by atoms with Gasteiger partial charge in [0.25, 0.3) is 0 Å². The van der Waals surface area contributed by atoms with Gasteiger partial charge in [-0.3, -0.25) is 0 Å². The van der Waals surface area contributed by atoms with E-state index >= 15 is 0 Å². The van der Waals surface area contributed by atoms with Gasteiger partial charge in [-0.05, 0) is 37.5 Å². The average molecular weight is 270 g/mol. The second-order valence-electron chi connectivity index (χ2n) is 5.67. The standard InChI is InChI=1S/C13H22N2O4/c16-11(12(17)18)5-6-14-13(19)15(7-9-1-2-9)8-10-3-4-10/h9-11,16H,1-8H2,(H,14,19)(H,17,18)/t11-/m0/s1. The number of hydrogen-bond donors (Lipinski definition) is 3. The first-order valence-corrected chi connectivity index (χ1v) is 7.00. The topological polar surface area (TPSA) is 89.9 Å². The molecule has 0 aromatic rings. The quantitative estimate of drug-likeness (QED) is 0.604. The normalized spacial score (nSPS) is 19.8. The Balaban J connectivity index is 1.69. The Morgan fingerprint density at radius 1 is 1.16 bits per heavy atom. The Labute approximate surface area is 112 Å². The van der Waals surface area contributed by atoms with E-state index in [-0.39, 0.29) is 19.0 Å². The molecule has 2 amide bonds. The van der Waals surface area contributed by atoms with Gasteiger partial charge in [-0.15, -0.1) is 0 Å². The molecule has 2 saturated carbocycles. The first-order valence-electron chi connectivity index (χ1n) is 7.00. The lowest BCUT2D eigenvalue weighted by atomic mass is 10.2. The van der Waals surface area contributed by atoms with Crippen LogP contribution in [0.3, 0.4) is 0 Å². The molecule has 1 atom stereocenters. The Bertz CT molecular complexity index is 326. The molecule has 0 radical (unpaired) electrons. The Hall–Kier alpha value is -1.30. The van der Waals surface area contributed by atoms with Crippen molar-refractivity contribution in [3.05, 3.63) is 0 Å². The van der Waals surface area contributed by atoms with E-state index < -0.39 is 12.1 Å². The Morgan fingerprint density at radius 2 is 1.68 bits per heavy atom. The average Bonchev–Trinajstić information content (AvgIpc) is 3.22. The van der Waals surface area contributed by atoms with Gasteiger partial charge in [0.1, 0.15) is 0 Å². The number of aliphatic carboxylic acids is 1. The second kappa shape index (κ2) is 6.23. The zero-order valence-electron chi connectivity index (χ0n) is 11.0. The molecule has 3 N–H and O–H groups in total. The molecule has 19 heavy (non-hydrogen) atoms. The van der Waals surface area contributed by atoms with Crippen molar-refractivity contribution in [2.45, 2.75) is 38.2 Å². The summed E-state index contributed by atoms with van der Waals surface area (Å²) in [5.74, 6) is 0.0466. The van der Waals surface area contributed by atoms with E-state index in [1.165, 1.54) is 25.7 Å². The van der Waals surface area contributed by atoms with Gasteiger partial charge in [-0.2, -0.15) is 0 Å². The van der Waals surface area contributed by atoms with Gasteiger partial charge in [0.2, 0.25) is 0 Å². The predicted octanol–water partition coefficient (Wildman–Crippen LogP) is 0.654. The van der Waals surface area contributed by atoms with Gasteiger partial charge >= 0.3 is 12.0 Å². The summed E-state index contributed by atoms with van der Waals surface area (Å²) in [7, 11) is 0. The fraction of sp³-hybridized carbons (Fsp3) is 0.846. The molecule has 0 aromatic carbocycles. The highest BCUT2D eigenvalue weighted by atomic mass is 16.4. The third-order valence-corrected chi connectivity index (χ3v) is 3.62. The third kappa shape index (κ3) is 5.06. The molecule has 0 spiro atoms. The molecule has 2 fully saturated rings. The van der Waals surface area contributed by atoms with E-state index in [0.717, 1.165) is 13.1 Å². The van der Waals surface area contributed by atoms with Gasteiger partial charge in [0, 0.05) is 26.1 Å². The van der Waals surface area contributed by atoms with Crippen LogP contribution in [0.5, 0.6) is 0 Å². The summed E-state index contributed by atoms with van der Waals surface area (Å²) >= 11 is 0. The lowest BCUT2D eigenvalue weighted by Gasteiger charge is -2.23. The smallest absolute Gasteiger partial charge is 0.332 e. The lowest BCUT2D eigenvalue weighted by Crippen LogP contribution is -2.43. The molecule has 0 bridgehead atoms. The van der Waals surface area contributed by atoms with E-state index in [1.54, 1.807) is 0 Å². The number of rotatable bonds is 8. The van der Waals surface area contributed by atoms with Crippen LogP contribution in [0.4, 0.5) is 4.79 Å². The number of nitrogens with zero attached hydrogens (tertiary/aromatic N) is 1. The summed E-state index contributed by atoms with van der Waals surface area (Å²) in [4.78, 5) is 24.3. The Morgan fingerprint density at radius 3 is 2.11 bits per heavy atom. The number of aliphatic hydroxyl groups is 1. The SMILES string of the molecule is O=C(O)[C@@H](O)CCNC(=O)N(CC1CC1)CC1CC1. The molecule has 0 aliphatic heterocycles.